The van der Waals surface area contributed by atoms with Gasteiger partial charge in [-0.1, -0.05) is 61.0 Å². The van der Waals surface area contributed by atoms with E-state index >= 15 is 0 Å². The van der Waals surface area contributed by atoms with Crippen molar-refractivity contribution < 1.29 is 22.4 Å². The molecular weight excluding hydrogens is 565 g/mol. The third kappa shape index (κ3) is 9.86. The Bertz CT molecular complexity index is 1400. The number of nitrogens with zero attached hydrogens (tertiary/aromatic N) is 2. The van der Waals surface area contributed by atoms with Crippen molar-refractivity contribution in [3.05, 3.63) is 101 Å². The van der Waals surface area contributed by atoms with Crippen LogP contribution in [0.4, 0.5) is 10.1 Å². The molecule has 0 saturated carbocycles. The molecular formula is C31H37ClFN3O4S. The molecule has 1 N–H and O–H groups in total. The lowest BCUT2D eigenvalue weighted by molar-refractivity contribution is -0.141. The normalized spacial score (nSPS) is 12.8. The number of anilines is 1. The molecule has 7 nitrogen and oxygen atoms in total. The van der Waals surface area contributed by atoms with Gasteiger partial charge in [0.1, 0.15) is 11.9 Å². The highest BCUT2D eigenvalue weighted by molar-refractivity contribution is 7.92. The van der Waals surface area contributed by atoms with Crippen molar-refractivity contribution in [2.24, 2.45) is 0 Å². The topological polar surface area (TPSA) is 86.8 Å². The second kappa shape index (κ2) is 15.0. The van der Waals surface area contributed by atoms with Gasteiger partial charge in [0.25, 0.3) is 0 Å². The molecule has 3 aromatic carbocycles. The minimum Gasteiger partial charge on any atom is -0.352 e. The summed E-state index contributed by atoms with van der Waals surface area (Å²) in [5.41, 5.74) is 1.98. The SMILES string of the molecule is CC[C@H](C)NC(=O)[C@H](Cc1ccccc1)N(Cc1cccc(Cl)c1)C(=O)CCCN(c1ccc(F)cc1)S(C)(=O)=O. The number of carbonyl (C=O) groups excluding carboxylic acids is 2. The maximum absolute atomic E-state index is 13.8. The lowest BCUT2D eigenvalue weighted by atomic mass is 10.0. The molecule has 0 saturated heterocycles. The number of amides is 2. The summed E-state index contributed by atoms with van der Waals surface area (Å²) in [4.78, 5) is 29.0. The van der Waals surface area contributed by atoms with Crippen LogP contribution in [0, 0.1) is 5.82 Å². The molecule has 2 amide bonds. The van der Waals surface area contributed by atoms with Gasteiger partial charge < -0.3 is 10.2 Å². The third-order valence-electron chi connectivity index (χ3n) is 6.78. The maximum atomic E-state index is 13.8. The Balaban J connectivity index is 1.89. The Morgan fingerprint density at radius 2 is 1.63 bits per heavy atom. The number of rotatable bonds is 14. The predicted octanol–water partition coefficient (Wildman–Crippen LogP) is 5.58. The second-order valence-corrected chi connectivity index (χ2v) is 12.4. The van der Waals surface area contributed by atoms with Crippen LogP contribution in [0.25, 0.3) is 0 Å². The van der Waals surface area contributed by atoms with Gasteiger partial charge in [0.2, 0.25) is 21.8 Å². The minimum atomic E-state index is -3.68. The molecule has 3 aromatic rings. The van der Waals surface area contributed by atoms with Gasteiger partial charge in [-0.2, -0.15) is 0 Å². The Labute approximate surface area is 247 Å². The number of hydrogen-bond donors (Lipinski definition) is 1. The molecule has 0 aliphatic carbocycles. The molecule has 0 unspecified atom stereocenters. The Kier molecular flexibility index (Phi) is 11.7. The summed E-state index contributed by atoms with van der Waals surface area (Å²) >= 11 is 6.23. The second-order valence-electron chi connectivity index (χ2n) is 10.1. The van der Waals surface area contributed by atoms with Crippen molar-refractivity contribution in [2.45, 2.75) is 58.2 Å². The van der Waals surface area contributed by atoms with Crippen LogP contribution in [0.5, 0.6) is 0 Å². The van der Waals surface area contributed by atoms with Crippen LogP contribution in [-0.4, -0.2) is 50.0 Å². The van der Waals surface area contributed by atoms with Gasteiger partial charge in [-0.05, 0) is 67.3 Å². The molecule has 10 heteroatoms. The Morgan fingerprint density at radius 1 is 0.976 bits per heavy atom. The van der Waals surface area contributed by atoms with E-state index < -0.39 is 21.9 Å². The molecule has 0 radical (unpaired) electrons. The molecule has 0 heterocycles. The zero-order valence-corrected chi connectivity index (χ0v) is 25.2. The molecule has 0 fully saturated rings. The fourth-order valence-electron chi connectivity index (χ4n) is 4.44. The number of benzene rings is 3. The zero-order chi connectivity index (χ0) is 30.0. The van der Waals surface area contributed by atoms with E-state index in [2.05, 4.69) is 5.32 Å². The molecule has 0 aromatic heterocycles. The van der Waals surface area contributed by atoms with Crippen LogP contribution < -0.4 is 9.62 Å². The molecule has 0 aliphatic rings. The molecule has 3 rings (SSSR count). The first kappa shape index (κ1) is 32.1. The summed E-state index contributed by atoms with van der Waals surface area (Å²) in [6.45, 7) is 4.05. The average molecular weight is 602 g/mol. The summed E-state index contributed by atoms with van der Waals surface area (Å²) in [6, 6.07) is 20.9. The van der Waals surface area contributed by atoms with E-state index in [0.717, 1.165) is 28.1 Å². The van der Waals surface area contributed by atoms with E-state index in [9.17, 15) is 22.4 Å². The molecule has 41 heavy (non-hydrogen) atoms. The van der Waals surface area contributed by atoms with Crippen LogP contribution in [-0.2, 0) is 32.6 Å². The fraction of sp³-hybridized carbons (Fsp3) is 0.355. The highest BCUT2D eigenvalue weighted by Crippen LogP contribution is 2.21. The van der Waals surface area contributed by atoms with Crippen LogP contribution in [0.2, 0.25) is 5.02 Å². The monoisotopic (exact) mass is 601 g/mol. The van der Waals surface area contributed by atoms with Crippen LogP contribution in [0.3, 0.4) is 0 Å². The zero-order valence-electron chi connectivity index (χ0n) is 23.6. The summed E-state index contributed by atoms with van der Waals surface area (Å²) in [5, 5.41) is 3.54. The van der Waals surface area contributed by atoms with Gasteiger partial charge in [0.15, 0.2) is 0 Å². The quantitative estimate of drug-likeness (QED) is 0.261. The van der Waals surface area contributed by atoms with Crippen molar-refractivity contribution >= 4 is 39.1 Å². The van der Waals surface area contributed by atoms with Gasteiger partial charge in [-0.15, -0.1) is 0 Å². The summed E-state index contributed by atoms with van der Waals surface area (Å²) in [6.07, 6.45) is 2.30. The first-order valence-electron chi connectivity index (χ1n) is 13.6. The van der Waals surface area contributed by atoms with Crippen molar-refractivity contribution in [3.8, 4) is 0 Å². The van der Waals surface area contributed by atoms with E-state index in [-0.39, 0.29) is 43.8 Å². The Hall–Kier alpha value is -3.43. The summed E-state index contributed by atoms with van der Waals surface area (Å²) in [5.74, 6) is -1.03. The van der Waals surface area contributed by atoms with E-state index in [1.807, 2.05) is 50.2 Å². The fourth-order valence-corrected chi connectivity index (χ4v) is 5.62. The molecule has 220 valence electrons. The highest BCUT2D eigenvalue weighted by atomic mass is 35.5. The highest BCUT2D eigenvalue weighted by Gasteiger charge is 2.31. The third-order valence-corrected chi connectivity index (χ3v) is 8.21. The van der Waals surface area contributed by atoms with Crippen LogP contribution >= 0.6 is 11.6 Å². The van der Waals surface area contributed by atoms with Crippen LogP contribution in [0.1, 0.15) is 44.2 Å². The number of halogens is 2. The molecule has 2 atom stereocenters. The van der Waals surface area contributed by atoms with E-state index in [0.29, 0.717) is 17.1 Å². The first-order chi connectivity index (χ1) is 19.5. The van der Waals surface area contributed by atoms with Gasteiger partial charge in [-0.3, -0.25) is 13.9 Å². The predicted molar refractivity (Wildman–Crippen MR) is 162 cm³/mol. The van der Waals surface area contributed by atoms with Crippen molar-refractivity contribution in [1.29, 1.82) is 0 Å². The molecule has 0 bridgehead atoms. The average Bonchev–Trinajstić information content (AvgIpc) is 2.93. The van der Waals surface area contributed by atoms with E-state index in [1.54, 1.807) is 23.1 Å². The number of nitrogens with one attached hydrogen (secondary N) is 1. The van der Waals surface area contributed by atoms with Gasteiger partial charge >= 0.3 is 0 Å². The van der Waals surface area contributed by atoms with Crippen molar-refractivity contribution in [2.75, 3.05) is 17.1 Å². The van der Waals surface area contributed by atoms with Gasteiger partial charge in [0.05, 0.1) is 11.9 Å². The molecule has 0 spiro atoms. The standard InChI is InChI=1S/C31H37ClFN3O4S/c1-4-23(2)34-31(38)29(21-24-10-6-5-7-11-24)35(22-25-12-8-13-26(32)20-25)30(37)14-9-19-36(41(3,39)40)28-17-15-27(33)16-18-28/h5-8,10-13,15-18,20,23,29H,4,9,14,19,21-22H2,1-3H3,(H,34,38)/t23-,29-/m0/s1. The van der Waals surface area contributed by atoms with E-state index in [1.165, 1.54) is 24.3 Å². The first-order valence-corrected chi connectivity index (χ1v) is 15.8. The van der Waals surface area contributed by atoms with E-state index in [4.69, 9.17) is 11.6 Å². The summed E-state index contributed by atoms with van der Waals surface area (Å²) < 4.78 is 39.6. The lowest BCUT2D eigenvalue weighted by Gasteiger charge is -2.32. The maximum Gasteiger partial charge on any atom is 0.243 e. The van der Waals surface area contributed by atoms with Crippen molar-refractivity contribution in [1.82, 2.24) is 10.2 Å². The van der Waals surface area contributed by atoms with Crippen LogP contribution in [0.15, 0.2) is 78.9 Å². The lowest BCUT2D eigenvalue weighted by Crippen LogP contribution is -2.52. The molecule has 0 aliphatic heterocycles. The van der Waals surface area contributed by atoms with Gasteiger partial charge in [0, 0.05) is 37.0 Å². The van der Waals surface area contributed by atoms with Gasteiger partial charge in [-0.25, -0.2) is 12.8 Å². The number of sulfonamides is 1. The Morgan fingerprint density at radius 3 is 2.24 bits per heavy atom. The van der Waals surface area contributed by atoms with Crippen molar-refractivity contribution in [3.63, 3.8) is 0 Å². The number of carbonyl (C=O) groups is 2. The summed E-state index contributed by atoms with van der Waals surface area (Å²) in [7, 11) is -3.68. The smallest absolute Gasteiger partial charge is 0.243 e. The number of hydrogen-bond acceptors (Lipinski definition) is 4. The minimum absolute atomic E-state index is 0.00428. The largest absolute Gasteiger partial charge is 0.352 e.